The number of carbonyl (C=O) groups excluding carboxylic acids is 1. The molecular weight excluding hydrogens is 331 g/mol. The Morgan fingerprint density at radius 3 is 2.28 bits per heavy atom. The van der Waals surface area contributed by atoms with Gasteiger partial charge in [0.1, 0.15) is 6.07 Å². The molecular formula is C19H18F3NO2. The maximum Gasteiger partial charge on any atom is 0.416 e. The summed E-state index contributed by atoms with van der Waals surface area (Å²) in [6, 6.07) is 6.38. The van der Waals surface area contributed by atoms with E-state index in [1.165, 1.54) is 24.3 Å². The molecule has 0 heterocycles. The molecule has 0 aromatic heterocycles. The first-order valence-electron chi connectivity index (χ1n) is 7.96. The third-order valence-electron chi connectivity index (χ3n) is 4.44. The number of esters is 1. The molecule has 25 heavy (non-hydrogen) atoms. The van der Waals surface area contributed by atoms with Crippen molar-refractivity contribution in [3.8, 4) is 6.07 Å². The molecule has 1 fully saturated rings. The van der Waals surface area contributed by atoms with E-state index in [4.69, 9.17) is 10.00 Å². The second-order valence-corrected chi connectivity index (χ2v) is 5.99. The molecule has 6 heteroatoms. The molecule has 0 aliphatic heterocycles. The van der Waals surface area contributed by atoms with Gasteiger partial charge in [0.05, 0.1) is 11.0 Å². The summed E-state index contributed by atoms with van der Waals surface area (Å²) in [4.78, 5) is 12.8. The fourth-order valence-electron chi connectivity index (χ4n) is 3.14. The number of benzene rings is 1. The van der Waals surface area contributed by atoms with E-state index in [9.17, 15) is 18.0 Å². The normalized spacial score (nSPS) is 17.4. The van der Waals surface area contributed by atoms with Gasteiger partial charge in [-0.15, -0.1) is 0 Å². The smallest absolute Gasteiger partial charge is 0.414 e. The maximum atomic E-state index is 12.8. The Morgan fingerprint density at radius 1 is 1.20 bits per heavy atom. The highest BCUT2D eigenvalue weighted by Gasteiger charge is 2.43. The topological polar surface area (TPSA) is 50.1 Å². The minimum absolute atomic E-state index is 0.183. The minimum Gasteiger partial charge on any atom is -0.414 e. The fraction of sp³-hybridized carbons (Fsp3) is 0.368. The van der Waals surface area contributed by atoms with Gasteiger partial charge in [-0.3, -0.25) is 4.79 Å². The molecule has 1 aromatic carbocycles. The summed E-state index contributed by atoms with van der Waals surface area (Å²) in [7, 11) is 0. The van der Waals surface area contributed by atoms with Crippen molar-refractivity contribution in [1.82, 2.24) is 0 Å². The number of allylic oxidation sites excluding steroid dienone is 3. The third-order valence-corrected chi connectivity index (χ3v) is 4.44. The van der Waals surface area contributed by atoms with Crippen LogP contribution in [-0.4, -0.2) is 5.97 Å². The van der Waals surface area contributed by atoms with Crippen molar-refractivity contribution >= 4 is 5.97 Å². The average molecular weight is 349 g/mol. The molecule has 2 rings (SSSR count). The number of halogens is 3. The molecule has 0 radical (unpaired) electrons. The van der Waals surface area contributed by atoms with Crippen LogP contribution < -0.4 is 0 Å². The molecule has 1 aliphatic carbocycles. The number of hydrogen-bond donors (Lipinski definition) is 0. The Kier molecular flexibility index (Phi) is 5.68. The second-order valence-electron chi connectivity index (χ2n) is 5.99. The Hall–Kier alpha value is -2.55. The van der Waals surface area contributed by atoms with E-state index in [2.05, 4.69) is 6.58 Å². The molecule has 0 atom stereocenters. The lowest BCUT2D eigenvalue weighted by atomic mass is 9.69. The molecule has 132 valence electrons. The number of nitrogens with zero attached hydrogens (tertiary/aromatic N) is 1. The van der Waals surface area contributed by atoms with E-state index in [1.54, 1.807) is 6.07 Å². The first kappa shape index (κ1) is 18.8. The fourth-order valence-corrected chi connectivity index (χ4v) is 3.14. The van der Waals surface area contributed by atoms with Crippen LogP contribution in [0.1, 0.15) is 43.2 Å². The largest absolute Gasteiger partial charge is 0.416 e. The van der Waals surface area contributed by atoms with Gasteiger partial charge in [-0.05, 0) is 36.6 Å². The number of hydrogen-bond acceptors (Lipinski definition) is 3. The van der Waals surface area contributed by atoms with Gasteiger partial charge in [0.2, 0.25) is 5.76 Å². The van der Waals surface area contributed by atoms with E-state index in [0.29, 0.717) is 18.4 Å². The molecule has 1 saturated carbocycles. The summed E-state index contributed by atoms with van der Waals surface area (Å²) in [5.41, 5.74) is -1.31. The van der Waals surface area contributed by atoms with Crippen molar-refractivity contribution in [2.75, 3.05) is 0 Å². The van der Waals surface area contributed by atoms with E-state index >= 15 is 0 Å². The lowest BCUT2D eigenvalue weighted by Crippen LogP contribution is -2.39. The summed E-state index contributed by atoms with van der Waals surface area (Å²) in [5, 5.41) is 9.02. The number of ether oxygens (including phenoxy) is 1. The van der Waals surface area contributed by atoms with Crippen molar-refractivity contribution in [2.24, 2.45) is 0 Å². The lowest BCUT2D eigenvalue weighted by molar-refractivity contribution is -0.147. The second kappa shape index (κ2) is 7.56. The summed E-state index contributed by atoms with van der Waals surface area (Å²) in [6.07, 6.45) is 1.61. The number of rotatable bonds is 4. The van der Waals surface area contributed by atoms with E-state index in [0.717, 1.165) is 31.4 Å². The van der Waals surface area contributed by atoms with E-state index < -0.39 is 23.1 Å². The quantitative estimate of drug-likeness (QED) is 0.331. The zero-order valence-electron chi connectivity index (χ0n) is 13.6. The molecule has 1 aromatic rings. The maximum absolute atomic E-state index is 12.8. The van der Waals surface area contributed by atoms with Crippen LogP contribution in [0.25, 0.3) is 0 Å². The van der Waals surface area contributed by atoms with Crippen LogP contribution in [0.15, 0.2) is 48.8 Å². The highest BCUT2D eigenvalue weighted by molar-refractivity contribution is 5.84. The van der Waals surface area contributed by atoms with Crippen molar-refractivity contribution in [1.29, 1.82) is 5.26 Å². The first-order chi connectivity index (χ1) is 11.8. The van der Waals surface area contributed by atoms with Crippen LogP contribution in [-0.2, 0) is 21.1 Å². The van der Waals surface area contributed by atoms with Gasteiger partial charge in [-0.25, -0.2) is 0 Å². The van der Waals surface area contributed by atoms with Crippen molar-refractivity contribution < 1.29 is 22.7 Å². The van der Waals surface area contributed by atoms with Crippen LogP contribution in [0.3, 0.4) is 0 Å². The predicted octanol–water partition coefficient (Wildman–Crippen LogP) is 5.04. The Balaban J connectivity index is 2.38. The highest BCUT2D eigenvalue weighted by Crippen LogP contribution is 2.42. The van der Waals surface area contributed by atoms with Gasteiger partial charge in [0.25, 0.3) is 0 Å². The monoisotopic (exact) mass is 349 g/mol. The minimum atomic E-state index is -4.43. The summed E-state index contributed by atoms with van der Waals surface area (Å²) >= 11 is 0. The van der Waals surface area contributed by atoms with Crippen molar-refractivity contribution in [3.63, 3.8) is 0 Å². The summed E-state index contributed by atoms with van der Waals surface area (Å²) < 4.78 is 43.5. The molecule has 0 N–H and O–H groups in total. The van der Waals surface area contributed by atoms with Crippen molar-refractivity contribution in [2.45, 2.75) is 43.7 Å². The zero-order chi connectivity index (χ0) is 18.5. The lowest BCUT2D eigenvalue weighted by Gasteiger charge is -2.35. The van der Waals surface area contributed by atoms with Crippen LogP contribution >= 0.6 is 0 Å². The number of carbonyl (C=O) groups is 1. The van der Waals surface area contributed by atoms with E-state index in [1.807, 2.05) is 0 Å². The SMILES string of the molecule is C=C/C=C(/C#N)OC(=O)C1(c2ccc(C(F)(F)F)cc2)CCCCC1. The van der Waals surface area contributed by atoms with E-state index in [-0.39, 0.29) is 5.76 Å². The van der Waals surface area contributed by atoms with Gasteiger partial charge < -0.3 is 4.74 Å². The number of alkyl halides is 3. The Labute approximate surface area is 144 Å². The average Bonchev–Trinajstić information content (AvgIpc) is 2.61. The molecule has 1 aliphatic rings. The standard InChI is InChI=1S/C19H18F3NO2/c1-2-6-16(13-23)25-17(24)18(11-4-3-5-12-18)14-7-9-15(10-8-14)19(20,21)22/h2,6-10H,1,3-5,11-12H2/b16-6-. The first-order valence-corrected chi connectivity index (χ1v) is 7.96. The van der Waals surface area contributed by atoms with Crippen LogP contribution in [0.2, 0.25) is 0 Å². The molecule has 0 bridgehead atoms. The summed E-state index contributed by atoms with van der Waals surface area (Å²) in [6.45, 7) is 3.45. The third kappa shape index (κ3) is 4.11. The molecule has 0 unspecified atom stereocenters. The Morgan fingerprint density at radius 2 is 1.80 bits per heavy atom. The highest BCUT2D eigenvalue weighted by atomic mass is 19.4. The zero-order valence-corrected chi connectivity index (χ0v) is 13.6. The van der Waals surface area contributed by atoms with Gasteiger partial charge in [0.15, 0.2) is 0 Å². The summed E-state index contributed by atoms with van der Waals surface area (Å²) in [5.74, 6) is -0.793. The molecule has 0 saturated heterocycles. The van der Waals surface area contributed by atoms with Crippen molar-refractivity contribution in [3.05, 3.63) is 59.9 Å². The molecule has 0 amide bonds. The van der Waals surface area contributed by atoms with Crippen LogP contribution in [0.5, 0.6) is 0 Å². The van der Waals surface area contributed by atoms with Crippen LogP contribution in [0.4, 0.5) is 13.2 Å². The Bertz CT molecular complexity index is 706. The van der Waals surface area contributed by atoms with Gasteiger partial charge in [0, 0.05) is 0 Å². The van der Waals surface area contributed by atoms with Gasteiger partial charge in [-0.1, -0.05) is 44.1 Å². The van der Waals surface area contributed by atoms with Crippen LogP contribution in [0, 0.1) is 11.3 Å². The van der Waals surface area contributed by atoms with Gasteiger partial charge in [-0.2, -0.15) is 18.4 Å². The number of nitriles is 1. The predicted molar refractivity (Wildman–Crippen MR) is 86.2 cm³/mol. The van der Waals surface area contributed by atoms with Gasteiger partial charge >= 0.3 is 12.1 Å². The molecule has 3 nitrogen and oxygen atoms in total. The molecule has 0 spiro atoms.